The van der Waals surface area contributed by atoms with Gasteiger partial charge in [-0.1, -0.05) is 341 Å². The average molecular weight is 1610 g/mol. The number of esters is 7. The van der Waals surface area contributed by atoms with Gasteiger partial charge in [-0.25, -0.2) is 30.5 Å². The fraction of sp³-hybridized carbons (Fsp3) is 0.173. The van der Waals surface area contributed by atoms with Crippen LogP contribution in [0.15, 0.2) is 369 Å². The van der Waals surface area contributed by atoms with E-state index >= 15 is 0 Å². The zero-order valence-electron chi connectivity index (χ0n) is 68.7. The summed E-state index contributed by atoms with van der Waals surface area (Å²) in [6.45, 7) is 14.9. The molecule has 17 nitrogen and oxygen atoms in total. The Hall–Kier alpha value is -15.1. The number of rotatable bonds is 33. The van der Waals surface area contributed by atoms with Crippen LogP contribution in [-0.2, 0) is 66.7 Å². The molecule has 0 saturated heterocycles. The third-order valence-electron chi connectivity index (χ3n) is 17.0. The van der Waals surface area contributed by atoms with E-state index in [0.29, 0.717) is 25.8 Å². The molecule has 0 aromatic heterocycles. The van der Waals surface area contributed by atoms with Crippen molar-refractivity contribution >= 4 is 69.7 Å². The van der Waals surface area contributed by atoms with Gasteiger partial charge >= 0.3 is 41.8 Å². The highest BCUT2D eigenvalue weighted by molar-refractivity contribution is 6.15. The summed E-state index contributed by atoms with van der Waals surface area (Å²) in [6, 6.07) is 102. The molecule has 0 bridgehead atoms. The number of carbonyl (C=O) groups is 7. The Labute approximate surface area is 710 Å². The molecule has 0 unspecified atom stereocenters. The number of nitriles is 2. The first-order valence-electron chi connectivity index (χ1n) is 39.7. The van der Waals surface area contributed by atoms with Crippen LogP contribution in [0.5, 0.6) is 0 Å². The van der Waals surface area contributed by atoms with Crippen molar-refractivity contribution in [3.05, 3.63) is 436 Å². The van der Waals surface area contributed by atoms with Gasteiger partial charge in [0.15, 0.2) is 0 Å². The SMILES string of the molecule is CCC#N.CCOC(=O)/C(=C/C=C(c1ccccc1)c1ccccc1)C(=O)OCCOC(=O)/C(=C\C=C(c1ccccc1)c1ccccc1)C(=O)OCC.CCOC(=O)/C(C#N)=C/C=C(c1ccccc1)c1ccccc1.O=C(CCC=C(c1ccccc1)c1ccccc1)OCCOC(=O)CCC=C(c1ccccc1)c1ccccc1.[C-]#[N+]CC. The van der Waals surface area contributed by atoms with Crippen LogP contribution in [0.25, 0.3) is 32.7 Å². The highest BCUT2D eigenvalue weighted by Gasteiger charge is 2.24. The van der Waals surface area contributed by atoms with E-state index in [0.717, 1.165) is 83.5 Å². The number of nitrogens with zero attached hydrogens (tertiary/aromatic N) is 3. The van der Waals surface area contributed by atoms with E-state index in [-0.39, 0.29) is 87.7 Å². The molecule has 0 spiro atoms. The second kappa shape index (κ2) is 57.0. The van der Waals surface area contributed by atoms with E-state index in [4.69, 9.17) is 50.3 Å². The van der Waals surface area contributed by atoms with Gasteiger partial charge in [0.05, 0.1) is 25.9 Å². The number of hydrogen-bond donors (Lipinski definition) is 0. The first-order chi connectivity index (χ1) is 59.2. The van der Waals surface area contributed by atoms with Crippen LogP contribution in [-0.4, -0.2) is 94.6 Å². The molecule has 0 heterocycles. The fourth-order valence-electron chi connectivity index (χ4n) is 11.3. The maximum Gasteiger partial charge on any atom is 0.348 e. The third-order valence-corrected chi connectivity index (χ3v) is 17.0. The molecule has 0 aliphatic heterocycles. The lowest BCUT2D eigenvalue weighted by molar-refractivity contribution is -0.153. The van der Waals surface area contributed by atoms with Gasteiger partial charge in [-0.15, -0.1) is 0 Å². The molecule has 0 amide bonds. The third kappa shape index (κ3) is 34.7. The van der Waals surface area contributed by atoms with Crippen LogP contribution in [0.4, 0.5) is 0 Å². The molecule has 10 rings (SSSR count). The summed E-state index contributed by atoms with van der Waals surface area (Å²) in [7, 11) is 0. The van der Waals surface area contributed by atoms with Crippen molar-refractivity contribution in [1.82, 2.24) is 0 Å². The summed E-state index contributed by atoms with van der Waals surface area (Å²) in [6.07, 6.45) is 15.7. The smallest absolute Gasteiger partial charge is 0.348 e. The predicted molar refractivity (Wildman–Crippen MR) is 475 cm³/mol. The topological polar surface area (TPSA) is 236 Å². The van der Waals surface area contributed by atoms with Gasteiger partial charge in [0, 0.05) is 26.2 Å². The molecule has 0 aliphatic carbocycles. The maximum absolute atomic E-state index is 13.1. The summed E-state index contributed by atoms with van der Waals surface area (Å²) >= 11 is 0. The second-order valence-corrected chi connectivity index (χ2v) is 25.4. The highest BCUT2D eigenvalue weighted by atomic mass is 16.6. The predicted octanol–water partition coefficient (Wildman–Crippen LogP) is 21.2. The van der Waals surface area contributed by atoms with Gasteiger partial charge in [-0.05, 0) is 135 Å². The van der Waals surface area contributed by atoms with E-state index in [1.165, 1.54) is 18.2 Å². The largest absolute Gasteiger partial charge is 0.462 e. The van der Waals surface area contributed by atoms with E-state index in [1.54, 1.807) is 39.0 Å². The van der Waals surface area contributed by atoms with Crippen LogP contribution < -0.4 is 0 Å². The zero-order chi connectivity index (χ0) is 86.7. The van der Waals surface area contributed by atoms with Crippen LogP contribution in [0.2, 0.25) is 0 Å². The lowest BCUT2D eigenvalue weighted by atomic mass is 9.96. The average Bonchev–Trinajstić information content (AvgIpc) is 0.866. The molecule has 10 aromatic rings. The normalized spacial score (nSPS) is 10.3. The minimum absolute atomic E-state index is 0.0174. The minimum atomic E-state index is -0.962. The molecule has 17 heteroatoms. The lowest BCUT2D eigenvalue weighted by Gasteiger charge is -2.11. The van der Waals surface area contributed by atoms with Crippen molar-refractivity contribution in [1.29, 1.82) is 10.5 Å². The minimum Gasteiger partial charge on any atom is -0.462 e. The van der Waals surface area contributed by atoms with Crippen molar-refractivity contribution in [2.45, 2.75) is 66.7 Å². The standard InChI is InChI=1S/C42H38O8.C36H34O4.C20H17NO2.2C3H5N/c1-3-47-39(43)37(27-25-35(31-17-9-5-10-18-31)32-19-11-6-12-20-32)41(45)49-29-30-50-42(46)38(40(44)48-4-2)28-26-36(33-21-13-7-14-22-33)34-23-15-8-16-24-34;37-35(25-13-23-33(29-15-5-1-6-16-29)30-17-7-2-8-18-30)39-27-28-40-36(38)26-14-24-34(31-19-9-3-10-20-31)32-21-11-4-12-22-32;1-2-23-20(22)18(15-21)13-14-19(16-9-5-3-6-10-16)17-11-7-4-8-12-17;1-3-4-2;1-2-3-4/h5-28H,3-4,29-30H2,1-2H3;1-12,15-24H,13-14,25-28H2;3-14H,2H2,1H3;3H2,1H3;2H2,1H3/b37-27-,38-28-;;18-13+;;. The van der Waals surface area contributed by atoms with Crippen molar-refractivity contribution < 1.29 is 66.7 Å². The first kappa shape index (κ1) is 94.7. The van der Waals surface area contributed by atoms with Crippen LogP contribution in [0.1, 0.15) is 122 Å². The van der Waals surface area contributed by atoms with Crippen LogP contribution in [0, 0.1) is 29.2 Å². The molecule has 10 aromatic carbocycles. The van der Waals surface area contributed by atoms with Gasteiger partial charge in [0.1, 0.15) is 49.2 Å². The number of hydrogen-bond acceptors (Lipinski definition) is 16. The lowest BCUT2D eigenvalue weighted by Crippen LogP contribution is -2.22. The summed E-state index contributed by atoms with van der Waals surface area (Å²) in [5, 5.41) is 16.8. The van der Waals surface area contributed by atoms with E-state index in [1.807, 2.05) is 281 Å². The Balaban J connectivity index is 0.000000283. The van der Waals surface area contributed by atoms with Crippen molar-refractivity contribution in [3.8, 4) is 12.1 Å². The summed E-state index contributed by atoms with van der Waals surface area (Å²) in [5.41, 5.74) is 13.9. The molecule has 0 N–H and O–H groups in total. The van der Waals surface area contributed by atoms with E-state index in [2.05, 4.69) is 65.5 Å². The molecule has 121 heavy (non-hydrogen) atoms. The van der Waals surface area contributed by atoms with Crippen molar-refractivity contribution in [2.24, 2.45) is 0 Å². The number of allylic oxidation sites excluding steroid dienone is 8. The monoisotopic (exact) mass is 1610 g/mol. The number of benzene rings is 10. The molecule has 0 saturated carbocycles. The molecular formula is C104H99N3O14. The Kier molecular flexibility index (Phi) is 44.6. The number of ether oxygens (including phenoxy) is 7. The summed E-state index contributed by atoms with van der Waals surface area (Å²) in [5.74, 6) is -4.88. The quantitative estimate of drug-likeness (QED) is 0.00428. The molecule has 0 radical (unpaired) electrons. The van der Waals surface area contributed by atoms with Gasteiger partial charge < -0.3 is 38.0 Å². The van der Waals surface area contributed by atoms with Crippen LogP contribution in [0.3, 0.4) is 0 Å². The Morgan fingerprint density at radius 3 is 0.719 bits per heavy atom. The Morgan fingerprint density at radius 1 is 0.298 bits per heavy atom. The molecule has 0 aliphatic rings. The van der Waals surface area contributed by atoms with E-state index in [9.17, 15) is 33.6 Å². The highest BCUT2D eigenvalue weighted by Crippen LogP contribution is 2.30. The molecule has 0 fully saturated rings. The fourth-order valence-corrected chi connectivity index (χ4v) is 11.3. The maximum atomic E-state index is 13.1. The van der Waals surface area contributed by atoms with Crippen molar-refractivity contribution in [2.75, 3.05) is 52.8 Å². The van der Waals surface area contributed by atoms with Gasteiger partial charge in [-0.2, -0.15) is 10.5 Å². The summed E-state index contributed by atoms with van der Waals surface area (Å²) in [4.78, 5) is 91.0. The first-order valence-corrected chi connectivity index (χ1v) is 39.7. The van der Waals surface area contributed by atoms with Gasteiger partial charge in [-0.3, -0.25) is 9.59 Å². The Morgan fingerprint density at radius 2 is 0.504 bits per heavy atom. The molecule has 0 atom stereocenters. The Bertz CT molecular complexity index is 4770. The second-order valence-electron chi connectivity index (χ2n) is 25.4. The zero-order valence-corrected chi connectivity index (χ0v) is 68.7. The van der Waals surface area contributed by atoms with Gasteiger partial charge in [0.25, 0.3) is 0 Å². The number of carbonyl (C=O) groups excluding carboxylic acids is 7. The molecular weight excluding hydrogens is 1520 g/mol. The van der Waals surface area contributed by atoms with Crippen molar-refractivity contribution in [3.63, 3.8) is 0 Å². The van der Waals surface area contributed by atoms with E-state index < -0.39 is 29.8 Å². The van der Waals surface area contributed by atoms with Crippen LogP contribution >= 0.6 is 0 Å². The van der Waals surface area contributed by atoms with Gasteiger partial charge in [0.2, 0.25) is 6.54 Å². The molecule has 614 valence electrons. The summed E-state index contributed by atoms with van der Waals surface area (Å²) < 4.78 is 36.3.